The molecule has 2 aromatic carbocycles. The number of thiocarbonyl (C=S) groups is 1. The largest absolute Gasteiger partial charge is 0.496 e. The first kappa shape index (κ1) is 17.9. The van der Waals surface area contributed by atoms with Gasteiger partial charge in [0.2, 0.25) is 10.0 Å². The number of ether oxygens (including phenoxy) is 1. The first-order valence-electron chi connectivity index (χ1n) is 6.69. The van der Waals surface area contributed by atoms with Crippen LogP contribution in [0.1, 0.15) is 10.4 Å². The maximum Gasteiger partial charge on any atom is 0.261 e. The summed E-state index contributed by atoms with van der Waals surface area (Å²) < 4.78 is 27.8. The van der Waals surface area contributed by atoms with Crippen molar-refractivity contribution in [1.29, 1.82) is 0 Å². The van der Waals surface area contributed by atoms with Gasteiger partial charge < -0.3 is 10.1 Å². The zero-order chi connectivity index (χ0) is 17.7. The molecule has 126 valence electrons. The van der Waals surface area contributed by atoms with Crippen LogP contribution in [0.25, 0.3) is 0 Å². The van der Waals surface area contributed by atoms with E-state index in [0.29, 0.717) is 17.0 Å². The Bertz CT molecular complexity index is 882. The predicted octanol–water partition coefficient (Wildman–Crippen LogP) is 1.47. The molecule has 0 saturated heterocycles. The van der Waals surface area contributed by atoms with Gasteiger partial charge in [-0.15, -0.1) is 0 Å². The second-order valence-corrected chi connectivity index (χ2v) is 6.65. The van der Waals surface area contributed by atoms with Gasteiger partial charge in [-0.05, 0) is 42.5 Å². The number of primary sulfonamides is 1. The molecule has 0 aliphatic heterocycles. The van der Waals surface area contributed by atoms with E-state index in [9.17, 15) is 13.2 Å². The molecule has 0 aliphatic carbocycles. The van der Waals surface area contributed by atoms with E-state index < -0.39 is 15.9 Å². The van der Waals surface area contributed by atoms with E-state index in [-0.39, 0.29) is 10.0 Å². The number of benzene rings is 2. The summed E-state index contributed by atoms with van der Waals surface area (Å²) in [5.41, 5.74) is 0.703. The van der Waals surface area contributed by atoms with E-state index in [1.54, 1.807) is 30.3 Å². The van der Waals surface area contributed by atoms with Crippen molar-refractivity contribution in [2.45, 2.75) is 4.90 Å². The molecule has 9 heteroatoms. The average molecular weight is 365 g/mol. The van der Waals surface area contributed by atoms with Gasteiger partial charge in [-0.25, -0.2) is 13.6 Å². The Morgan fingerprint density at radius 1 is 1.17 bits per heavy atom. The molecule has 0 bridgehead atoms. The summed E-state index contributed by atoms with van der Waals surface area (Å²) >= 11 is 5.06. The maximum absolute atomic E-state index is 12.2. The number of hydrogen-bond donors (Lipinski definition) is 3. The van der Waals surface area contributed by atoms with Crippen LogP contribution in [0.5, 0.6) is 5.75 Å². The molecule has 0 saturated carbocycles. The molecule has 2 rings (SSSR count). The van der Waals surface area contributed by atoms with Gasteiger partial charge in [0.1, 0.15) is 5.75 Å². The number of carbonyl (C=O) groups excluding carboxylic acids is 1. The van der Waals surface area contributed by atoms with Crippen LogP contribution in [-0.4, -0.2) is 26.5 Å². The Balaban J connectivity index is 2.10. The third kappa shape index (κ3) is 4.51. The van der Waals surface area contributed by atoms with Crippen molar-refractivity contribution in [2.24, 2.45) is 5.14 Å². The highest BCUT2D eigenvalue weighted by Gasteiger charge is 2.13. The fourth-order valence-corrected chi connectivity index (χ4v) is 2.69. The molecule has 0 atom stereocenters. The van der Waals surface area contributed by atoms with Gasteiger partial charge in [0.05, 0.1) is 17.6 Å². The summed E-state index contributed by atoms with van der Waals surface area (Å²) in [4.78, 5) is 12.2. The highest BCUT2D eigenvalue weighted by molar-refractivity contribution is 7.89. The first-order chi connectivity index (χ1) is 11.3. The normalized spacial score (nSPS) is 10.8. The van der Waals surface area contributed by atoms with Crippen LogP contribution >= 0.6 is 12.2 Å². The monoisotopic (exact) mass is 365 g/mol. The van der Waals surface area contributed by atoms with Crippen molar-refractivity contribution in [1.82, 2.24) is 5.32 Å². The Hall–Kier alpha value is -2.49. The molecule has 0 fully saturated rings. The number of amides is 1. The second-order valence-electron chi connectivity index (χ2n) is 4.68. The lowest BCUT2D eigenvalue weighted by molar-refractivity contribution is 0.0975. The number of sulfonamides is 1. The third-order valence-corrected chi connectivity index (χ3v) is 4.11. The van der Waals surface area contributed by atoms with Crippen molar-refractivity contribution >= 4 is 38.9 Å². The van der Waals surface area contributed by atoms with E-state index in [4.69, 9.17) is 22.1 Å². The topological polar surface area (TPSA) is 111 Å². The van der Waals surface area contributed by atoms with E-state index >= 15 is 0 Å². The minimum Gasteiger partial charge on any atom is -0.496 e. The van der Waals surface area contributed by atoms with Crippen molar-refractivity contribution < 1.29 is 17.9 Å². The van der Waals surface area contributed by atoms with Crippen molar-refractivity contribution in [3.63, 3.8) is 0 Å². The number of nitrogens with two attached hydrogens (primary N) is 1. The summed E-state index contributed by atoms with van der Waals surface area (Å²) in [6.45, 7) is 0. The highest BCUT2D eigenvalue weighted by Crippen LogP contribution is 2.17. The Kier molecular flexibility index (Phi) is 5.50. The van der Waals surface area contributed by atoms with Gasteiger partial charge in [-0.3, -0.25) is 10.1 Å². The molecule has 2 aromatic rings. The van der Waals surface area contributed by atoms with Gasteiger partial charge in [-0.1, -0.05) is 18.2 Å². The standard InChI is InChI=1S/C15H15N3O4S2/c1-22-13-8-3-2-7-12(13)14(19)18-15(23)17-10-5-4-6-11(9-10)24(16,20)21/h2-9H,1H3,(H2,16,20,21)(H2,17,18,19,23). The number of nitrogens with one attached hydrogen (secondary N) is 2. The number of rotatable bonds is 4. The average Bonchev–Trinajstić information content (AvgIpc) is 2.54. The van der Waals surface area contributed by atoms with E-state index in [0.717, 1.165) is 0 Å². The van der Waals surface area contributed by atoms with Gasteiger partial charge >= 0.3 is 0 Å². The zero-order valence-electron chi connectivity index (χ0n) is 12.6. The smallest absolute Gasteiger partial charge is 0.261 e. The number of methoxy groups -OCH3 is 1. The zero-order valence-corrected chi connectivity index (χ0v) is 14.3. The molecule has 0 heterocycles. The molecule has 4 N–H and O–H groups in total. The summed E-state index contributed by atoms with van der Waals surface area (Å²) in [7, 11) is -2.36. The molecule has 0 aliphatic rings. The van der Waals surface area contributed by atoms with Crippen molar-refractivity contribution in [3.05, 3.63) is 54.1 Å². The van der Waals surface area contributed by atoms with Crippen LogP contribution in [-0.2, 0) is 10.0 Å². The molecule has 0 unspecified atom stereocenters. The lowest BCUT2D eigenvalue weighted by atomic mass is 10.2. The summed E-state index contributed by atoms with van der Waals surface area (Å²) in [5.74, 6) is -0.0402. The van der Waals surface area contributed by atoms with Gasteiger partial charge in [-0.2, -0.15) is 0 Å². The second kappa shape index (κ2) is 7.39. The number of para-hydroxylation sites is 1. The van der Waals surface area contributed by atoms with Crippen LogP contribution in [0.15, 0.2) is 53.4 Å². The van der Waals surface area contributed by atoms with Gasteiger partial charge in [0, 0.05) is 5.69 Å². The lowest BCUT2D eigenvalue weighted by Crippen LogP contribution is -2.34. The molecule has 0 spiro atoms. The van der Waals surface area contributed by atoms with E-state index in [1.165, 1.54) is 25.3 Å². The van der Waals surface area contributed by atoms with Crippen LogP contribution in [0, 0.1) is 0 Å². The molecular weight excluding hydrogens is 350 g/mol. The van der Waals surface area contributed by atoms with Crippen LogP contribution in [0.4, 0.5) is 5.69 Å². The highest BCUT2D eigenvalue weighted by atomic mass is 32.2. The minimum atomic E-state index is -3.82. The fourth-order valence-electron chi connectivity index (χ4n) is 1.92. The molecule has 24 heavy (non-hydrogen) atoms. The van der Waals surface area contributed by atoms with Crippen LogP contribution in [0.3, 0.4) is 0 Å². The summed E-state index contributed by atoms with van der Waals surface area (Å²) in [6, 6.07) is 12.5. The number of carbonyl (C=O) groups is 1. The van der Waals surface area contributed by atoms with Gasteiger partial charge in [0.15, 0.2) is 5.11 Å². The Morgan fingerprint density at radius 2 is 1.88 bits per heavy atom. The van der Waals surface area contributed by atoms with E-state index in [1.807, 2.05) is 0 Å². The maximum atomic E-state index is 12.2. The fraction of sp³-hybridized carbons (Fsp3) is 0.0667. The van der Waals surface area contributed by atoms with E-state index in [2.05, 4.69) is 10.6 Å². The predicted molar refractivity (Wildman–Crippen MR) is 94.5 cm³/mol. The van der Waals surface area contributed by atoms with Crippen LogP contribution in [0.2, 0.25) is 0 Å². The van der Waals surface area contributed by atoms with Crippen LogP contribution < -0.4 is 20.5 Å². The third-order valence-electron chi connectivity index (χ3n) is 3.00. The van der Waals surface area contributed by atoms with Crippen molar-refractivity contribution in [3.8, 4) is 5.75 Å². The van der Waals surface area contributed by atoms with Gasteiger partial charge in [0.25, 0.3) is 5.91 Å². The quantitative estimate of drug-likeness (QED) is 0.708. The Morgan fingerprint density at radius 3 is 2.54 bits per heavy atom. The number of hydrogen-bond acceptors (Lipinski definition) is 5. The lowest BCUT2D eigenvalue weighted by Gasteiger charge is -2.12. The summed E-state index contributed by atoms with van der Waals surface area (Å²) in [6.07, 6.45) is 0. The Labute approximate surface area is 144 Å². The molecule has 1 amide bonds. The molecule has 0 aromatic heterocycles. The number of anilines is 1. The molecule has 0 radical (unpaired) electrons. The first-order valence-corrected chi connectivity index (χ1v) is 8.65. The molecule has 7 nitrogen and oxygen atoms in total. The SMILES string of the molecule is COc1ccccc1C(=O)NC(=S)Nc1cccc(S(N)(=O)=O)c1. The minimum absolute atomic E-state index is 0.0116. The summed E-state index contributed by atoms with van der Waals surface area (Å²) in [5, 5.41) is 10.3. The van der Waals surface area contributed by atoms with Crippen molar-refractivity contribution in [2.75, 3.05) is 12.4 Å². The molecular formula is C15H15N3O4S2.